The molecule has 0 heterocycles. The molecule has 0 aliphatic carbocycles. The summed E-state index contributed by atoms with van der Waals surface area (Å²) in [4.78, 5) is 30.4. The fraction of sp³-hybridized carbons (Fsp3) is 0.364. The molecule has 1 rings (SSSR count). The van der Waals surface area contributed by atoms with Crippen molar-refractivity contribution in [1.29, 1.82) is 0 Å². The number of hydrogen-bond donors (Lipinski definition) is 3. The van der Waals surface area contributed by atoms with Crippen LogP contribution in [0.5, 0.6) is 5.75 Å². The van der Waals surface area contributed by atoms with E-state index < -0.39 is 14.1 Å². The molecule has 0 aliphatic rings. The van der Waals surface area contributed by atoms with Crippen LogP contribution in [-0.4, -0.2) is 28.4 Å². The molecule has 3 N–H and O–H groups in total. The van der Waals surface area contributed by atoms with Crippen molar-refractivity contribution in [2.45, 2.75) is 20.0 Å². The number of hydrogen-bond acceptors (Lipinski definition) is 6. The molecule has 0 saturated heterocycles. The number of esters is 1. The standard InChI is InChI=1S/C11H17NO5P/c1-9(2)16-11(13)8-12-18(14,15)17-10-6-4-3-5-7-10/h3-7,9,12,14-15H,8H2,1-2H3/q+1. The second-order valence-electron chi connectivity index (χ2n) is 3.82. The van der Waals surface area contributed by atoms with Gasteiger partial charge in [0.05, 0.1) is 6.10 Å². The monoisotopic (exact) mass is 274 g/mol. The number of benzene rings is 1. The fourth-order valence-corrected chi connectivity index (χ4v) is 1.95. The smallest absolute Gasteiger partial charge is 0.462 e. The highest BCUT2D eigenvalue weighted by Gasteiger charge is 2.38. The van der Waals surface area contributed by atoms with Gasteiger partial charge in [0.1, 0.15) is 6.54 Å². The van der Waals surface area contributed by atoms with Crippen molar-refractivity contribution in [3.8, 4) is 5.75 Å². The van der Waals surface area contributed by atoms with E-state index in [4.69, 9.17) is 9.26 Å². The molecule has 100 valence electrons. The Morgan fingerprint density at radius 2 is 1.94 bits per heavy atom. The molecule has 6 nitrogen and oxygen atoms in total. The first-order valence-corrected chi connectivity index (χ1v) is 7.04. The number of carbonyl (C=O) groups is 1. The van der Waals surface area contributed by atoms with E-state index in [9.17, 15) is 14.6 Å². The minimum Gasteiger partial charge on any atom is -0.462 e. The van der Waals surface area contributed by atoms with Gasteiger partial charge in [-0.3, -0.25) is 9.32 Å². The lowest BCUT2D eigenvalue weighted by molar-refractivity contribution is -0.146. The topological polar surface area (TPSA) is 88.0 Å². The van der Waals surface area contributed by atoms with E-state index in [2.05, 4.69) is 5.09 Å². The summed E-state index contributed by atoms with van der Waals surface area (Å²) in [5.41, 5.74) is 0. The molecule has 7 heteroatoms. The van der Waals surface area contributed by atoms with E-state index in [0.717, 1.165) is 0 Å². The summed E-state index contributed by atoms with van der Waals surface area (Å²) in [6, 6.07) is 8.32. The summed E-state index contributed by atoms with van der Waals surface area (Å²) in [7, 11) is -3.81. The van der Waals surface area contributed by atoms with Crippen LogP contribution in [0.4, 0.5) is 0 Å². The van der Waals surface area contributed by atoms with Gasteiger partial charge in [0.2, 0.25) is 0 Å². The van der Waals surface area contributed by atoms with Crippen molar-refractivity contribution in [3.05, 3.63) is 30.3 Å². The predicted molar refractivity (Wildman–Crippen MR) is 67.7 cm³/mol. The van der Waals surface area contributed by atoms with Gasteiger partial charge in [0.15, 0.2) is 5.75 Å². The van der Waals surface area contributed by atoms with Gasteiger partial charge >= 0.3 is 14.1 Å². The zero-order chi connectivity index (χ0) is 13.6. The lowest BCUT2D eigenvalue weighted by atomic mass is 10.3. The third-order valence-electron chi connectivity index (χ3n) is 1.77. The van der Waals surface area contributed by atoms with Crippen LogP contribution in [0, 0.1) is 0 Å². The van der Waals surface area contributed by atoms with Gasteiger partial charge in [-0.1, -0.05) is 23.3 Å². The first kappa shape index (κ1) is 14.9. The first-order valence-electron chi connectivity index (χ1n) is 5.43. The van der Waals surface area contributed by atoms with Crippen molar-refractivity contribution in [1.82, 2.24) is 5.09 Å². The minimum absolute atomic E-state index is 0.250. The Labute approximate surface area is 106 Å². The number of ether oxygens (including phenoxy) is 1. The molecule has 18 heavy (non-hydrogen) atoms. The van der Waals surface area contributed by atoms with Crippen molar-refractivity contribution >= 4 is 14.1 Å². The maximum Gasteiger partial charge on any atom is 0.541 e. The highest BCUT2D eigenvalue weighted by Crippen LogP contribution is 2.46. The zero-order valence-corrected chi connectivity index (χ0v) is 11.1. The third-order valence-corrected chi connectivity index (χ3v) is 2.81. The Morgan fingerprint density at radius 1 is 1.33 bits per heavy atom. The highest BCUT2D eigenvalue weighted by atomic mass is 31.2. The van der Waals surface area contributed by atoms with Crippen LogP contribution < -0.4 is 9.61 Å². The minimum atomic E-state index is -3.81. The van der Waals surface area contributed by atoms with Crippen LogP contribution in [0.2, 0.25) is 0 Å². The van der Waals surface area contributed by atoms with Gasteiger partial charge in [-0.25, -0.2) is 0 Å². The number of nitrogens with one attached hydrogen (secondary N) is 1. The average molecular weight is 274 g/mol. The second kappa shape index (κ2) is 6.66. The van der Waals surface area contributed by atoms with Crippen molar-refractivity contribution < 1.29 is 23.8 Å². The summed E-state index contributed by atoms with van der Waals surface area (Å²) in [6.07, 6.45) is -0.250. The van der Waals surface area contributed by atoms with E-state index in [1.54, 1.807) is 44.2 Å². The molecule has 1 aromatic carbocycles. The van der Waals surface area contributed by atoms with Gasteiger partial charge in [-0.2, -0.15) is 9.79 Å². The van der Waals surface area contributed by atoms with Crippen LogP contribution >= 0.6 is 8.09 Å². The van der Waals surface area contributed by atoms with Gasteiger partial charge in [-0.15, -0.1) is 0 Å². The van der Waals surface area contributed by atoms with Gasteiger partial charge in [0.25, 0.3) is 0 Å². The first-order chi connectivity index (χ1) is 8.39. The SMILES string of the molecule is CC(C)OC(=O)CN[P+](O)(O)Oc1ccccc1. The molecule has 0 fully saturated rings. The van der Waals surface area contributed by atoms with Gasteiger partial charge in [-0.05, 0) is 26.0 Å². The molecule has 0 bridgehead atoms. The predicted octanol–water partition coefficient (Wildman–Crippen LogP) is 1.27. The Hall–Kier alpha value is -1.20. The van der Waals surface area contributed by atoms with Crippen molar-refractivity contribution in [3.63, 3.8) is 0 Å². The molecule has 0 saturated carbocycles. The van der Waals surface area contributed by atoms with Crippen LogP contribution in [0.15, 0.2) is 30.3 Å². The van der Waals surface area contributed by atoms with Gasteiger partial charge in [0, 0.05) is 0 Å². The summed E-state index contributed by atoms with van der Waals surface area (Å²) in [5, 5.41) is 2.24. The summed E-state index contributed by atoms with van der Waals surface area (Å²) >= 11 is 0. The molecule has 0 radical (unpaired) electrons. The van der Waals surface area contributed by atoms with Gasteiger partial charge < -0.3 is 4.74 Å². The summed E-state index contributed by atoms with van der Waals surface area (Å²) in [6.45, 7) is 3.09. The number of para-hydroxylation sites is 1. The summed E-state index contributed by atoms with van der Waals surface area (Å²) < 4.78 is 9.79. The normalized spacial score (nSPS) is 11.4. The molecule has 0 aliphatic heterocycles. The molecule has 1 aromatic rings. The Kier molecular flexibility index (Phi) is 5.50. The Balaban J connectivity index is 2.42. The van der Waals surface area contributed by atoms with Crippen LogP contribution in [0.25, 0.3) is 0 Å². The van der Waals surface area contributed by atoms with Crippen LogP contribution in [-0.2, 0) is 9.53 Å². The number of carbonyl (C=O) groups excluding carboxylic acids is 1. The molecule has 0 atom stereocenters. The second-order valence-corrected chi connectivity index (χ2v) is 5.41. The highest BCUT2D eigenvalue weighted by molar-refractivity contribution is 7.57. The lowest BCUT2D eigenvalue weighted by Crippen LogP contribution is -2.28. The van der Waals surface area contributed by atoms with Crippen LogP contribution in [0.1, 0.15) is 13.8 Å². The molecule has 0 aromatic heterocycles. The largest absolute Gasteiger partial charge is 0.541 e. The third kappa shape index (κ3) is 5.93. The van der Waals surface area contributed by atoms with E-state index in [0.29, 0.717) is 5.75 Å². The Bertz CT molecular complexity index is 382. The fourth-order valence-electron chi connectivity index (χ4n) is 1.13. The quantitative estimate of drug-likeness (QED) is 0.535. The van der Waals surface area contributed by atoms with Crippen molar-refractivity contribution in [2.75, 3.05) is 6.54 Å². The van der Waals surface area contributed by atoms with E-state index >= 15 is 0 Å². The average Bonchev–Trinajstić information content (AvgIpc) is 2.26. The summed E-state index contributed by atoms with van der Waals surface area (Å²) in [5.74, 6) is -0.269. The van der Waals surface area contributed by atoms with E-state index in [1.165, 1.54) is 0 Å². The molecule has 0 unspecified atom stereocenters. The molecule has 0 spiro atoms. The molecule has 0 amide bonds. The Morgan fingerprint density at radius 3 is 2.50 bits per heavy atom. The van der Waals surface area contributed by atoms with Crippen molar-refractivity contribution in [2.24, 2.45) is 0 Å². The number of rotatable bonds is 6. The zero-order valence-electron chi connectivity index (χ0n) is 10.2. The van der Waals surface area contributed by atoms with E-state index in [1.807, 2.05) is 0 Å². The molecular weight excluding hydrogens is 257 g/mol. The maximum atomic E-state index is 11.2. The maximum absolute atomic E-state index is 11.2. The van der Waals surface area contributed by atoms with Crippen LogP contribution in [0.3, 0.4) is 0 Å². The lowest BCUT2D eigenvalue weighted by Gasteiger charge is -2.12. The molecular formula is C11H17NO5P+. The van der Waals surface area contributed by atoms with E-state index in [-0.39, 0.29) is 12.6 Å².